The van der Waals surface area contributed by atoms with Crippen LogP contribution in [0.15, 0.2) is 84.8 Å². The van der Waals surface area contributed by atoms with E-state index in [1.54, 1.807) is 80.6 Å². The Morgan fingerprint density at radius 3 is 1.88 bits per heavy atom. The highest BCUT2D eigenvalue weighted by atomic mass is 31.2. The summed E-state index contributed by atoms with van der Waals surface area (Å²) in [5.41, 5.74) is 0.400. The lowest BCUT2D eigenvalue weighted by molar-refractivity contribution is -0.113. The summed E-state index contributed by atoms with van der Waals surface area (Å²) in [6.07, 6.45) is 2.91. The molecule has 0 aliphatic heterocycles. The number of nitrogens with one attached hydrogen (secondary N) is 2. The molecular weight excluding hydrogens is 455 g/mol. The number of hydrogen-bond donors (Lipinski definition) is 2. The van der Waals surface area contributed by atoms with E-state index in [1.165, 1.54) is 12.4 Å². The first-order valence-electron chi connectivity index (χ1n) is 10.6. The smallest absolute Gasteiger partial charge is 0.317 e. The summed E-state index contributed by atoms with van der Waals surface area (Å²) in [4.78, 5) is 34.5. The van der Waals surface area contributed by atoms with Crippen molar-refractivity contribution >= 4 is 30.7 Å². The number of rotatable bonds is 10. The van der Waals surface area contributed by atoms with Crippen molar-refractivity contribution in [1.29, 1.82) is 0 Å². The summed E-state index contributed by atoms with van der Waals surface area (Å²) in [6.45, 7) is 3.43. The Morgan fingerprint density at radius 2 is 1.35 bits per heavy atom. The summed E-state index contributed by atoms with van der Waals surface area (Å²) in [7, 11) is -4.05. The maximum atomic E-state index is 14.0. The highest BCUT2D eigenvalue weighted by Gasteiger charge is 2.37. The van der Waals surface area contributed by atoms with Crippen LogP contribution in [-0.2, 0) is 18.4 Å². The molecule has 3 aromatic rings. The third-order valence-corrected chi connectivity index (χ3v) is 6.67. The fraction of sp³-hybridized carbons (Fsp3) is 0.167. The lowest BCUT2D eigenvalue weighted by atomic mass is 10.1. The SMILES string of the molecule is CCOP(=O)(OCC)C(=C(NC(=O)c1ccccc1)C(=O)Nc1ncccn1)c1ccccc1. The lowest BCUT2D eigenvalue weighted by Gasteiger charge is -2.23. The van der Waals surface area contributed by atoms with Gasteiger partial charge in [0.1, 0.15) is 11.0 Å². The molecule has 0 aliphatic rings. The van der Waals surface area contributed by atoms with Crippen LogP contribution in [0.1, 0.15) is 29.8 Å². The first-order valence-corrected chi connectivity index (χ1v) is 12.2. The van der Waals surface area contributed by atoms with Gasteiger partial charge in [0.15, 0.2) is 0 Å². The van der Waals surface area contributed by atoms with Crippen molar-refractivity contribution in [3.63, 3.8) is 0 Å². The summed E-state index contributed by atoms with van der Waals surface area (Å²) < 4.78 is 25.1. The van der Waals surface area contributed by atoms with Crippen LogP contribution < -0.4 is 10.6 Å². The van der Waals surface area contributed by atoms with Crippen LogP contribution in [0.2, 0.25) is 0 Å². The second kappa shape index (κ2) is 12.0. The van der Waals surface area contributed by atoms with Crippen molar-refractivity contribution in [1.82, 2.24) is 15.3 Å². The molecule has 0 fully saturated rings. The molecule has 10 heteroatoms. The van der Waals surface area contributed by atoms with Gasteiger partial charge in [-0.15, -0.1) is 0 Å². The zero-order chi connectivity index (χ0) is 24.4. The van der Waals surface area contributed by atoms with Crippen LogP contribution in [-0.4, -0.2) is 35.0 Å². The van der Waals surface area contributed by atoms with Crippen LogP contribution >= 0.6 is 7.60 Å². The number of benzene rings is 2. The Balaban J connectivity index is 2.21. The normalized spacial score (nSPS) is 11.9. The van der Waals surface area contributed by atoms with Crippen molar-refractivity contribution in [2.24, 2.45) is 0 Å². The molecule has 2 amide bonds. The molecule has 0 radical (unpaired) electrons. The average molecular weight is 480 g/mol. The summed E-state index contributed by atoms with van der Waals surface area (Å²) in [6, 6.07) is 18.4. The van der Waals surface area contributed by atoms with E-state index in [0.717, 1.165) is 0 Å². The number of hydrogen-bond acceptors (Lipinski definition) is 7. The predicted molar refractivity (Wildman–Crippen MR) is 129 cm³/mol. The summed E-state index contributed by atoms with van der Waals surface area (Å²) >= 11 is 0. The van der Waals surface area contributed by atoms with Gasteiger partial charge in [-0.2, -0.15) is 0 Å². The van der Waals surface area contributed by atoms with E-state index in [0.29, 0.717) is 11.1 Å². The Hall–Kier alpha value is -3.65. The number of amides is 2. The van der Waals surface area contributed by atoms with E-state index in [2.05, 4.69) is 20.6 Å². The minimum atomic E-state index is -4.05. The minimum absolute atomic E-state index is 0.00836. The van der Waals surface area contributed by atoms with E-state index in [4.69, 9.17) is 9.05 Å². The van der Waals surface area contributed by atoms with Gasteiger partial charge in [-0.1, -0.05) is 48.5 Å². The standard InChI is InChI=1S/C24H25N4O5P/c1-3-32-34(31,33-4-2)21(18-12-7-5-8-13-18)20(23(30)28-24-25-16-11-17-26-24)27-22(29)19-14-9-6-10-15-19/h5-17H,3-4H2,1-2H3,(H,27,29)(H,25,26,28,30). The van der Waals surface area contributed by atoms with E-state index in [1.807, 2.05) is 0 Å². The molecule has 0 bridgehead atoms. The maximum Gasteiger partial charge on any atom is 0.364 e. The molecule has 0 unspecified atom stereocenters. The number of carbonyl (C=O) groups is 2. The molecular formula is C24H25N4O5P. The van der Waals surface area contributed by atoms with E-state index >= 15 is 0 Å². The Labute approximate surface area is 197 Å². The van der Waals surface area contributed by atoms with Crippen molar-refractivity contribution in [3.8, 4) is 0 Å². The van der Waals surface area contributed by atoms with E-state index < -0.39 is 19.4 Å². The molecule has 3 rings (SSSR count). The molecule has 1 aromatic heterocycles. The second-order valence-corrected chi connectivity index (χ2v) is 8.73. The van der Waals surface area contributed by atoms with Gasteiger partial charge in [0.05, 0.1) is 13.2 Å². The fourth-order valence-corrected chi connectivity index (χ4v) is 4.98. The molecule has 0 atom stereocenters. The number of anilines is 1. The zero-order valence-corrected chi connectivity index (χ0v) is 19.7. The van der Waals surface area contributed by atoms with Crippen LogP contribution in [0.25, 0.3) is 5.31 Å². The largest absolute Gasteiger partial charge is 0.364 e. The number of aromatic nitrogens is 2. The lowest BCUT2D eigenvalue weighted by Crippen LogP contribution is -2.32. The van der Waals surface area contributed by atoms with Gasteiger partial charge in [-0.25, -0.2) is 9.97 Å². The molecule has 0 spiro atoms. The Morgan fingerprint density at radius 1 is 0.824 bits per heavy atom. The average Bonchev–Trinajstić information content (AvgIpc) is 2.85. The summed E-state index contributed by atoms with van der Waals surface area (Å²) in [5.74, 6) is -1.35. The fourth-order valence-electron chi connectivity index (χ4n) is 3.07. The van der Waals surface area contributed by atoms with Crippen LogP contribution in [0.5, 0.6) is 0 Å². The van der Waals surface area contributed by atoms with Gasteiger partial charge in [-0.3, -0.25) is 19.5 Å². The molecule has 0 saturated heterocycles. The molecule has 1 heterocycles. The molecule has 2 N–H and O–H groups in total. The van der Waals surface area contributed by atoms with Crippen molar-refractivity contribution < 1.29 is 23.2 Å². The van der Waals surface area contributed by atoms with Crippen LogP contribution in [0.4, 0.5) is 5.95 Å². The van der Waals surface area contributed by atoms with Crippen LogP contribution in [0, 0.1) is 0 Å². The van der Waals surface area contributed by atoms with Gasteiger partial charge in [0.2, 0.25) is 5.95 Å². The minimum Gasteiger partial charge on any atom is -0.317 e. The quantitative estimate of drug-likeness (QED) is 0.324. The molecule has 176 valence electrons. The third kappa shape index (κ3) is 6.23. The predicted octanol–water partition coefficient (Wildman–Crippen LogP) is 4.48. The van der Waals surface area contributed by atoms with Gasteiger partial charge in [0, 0.05) is 18.0 Å². The second-order valence-electron chi connectivity index (χ2n) is 6.77. The monoisotopic (exact) mass is 480 g/mol. The van der Waals surface area contributed by atoms with E-state index in [9.17, 15) is 14.2 Å². The highest BCUT2D eigenvalue weighted by molar-refractivity contribution is 7.65. The van der Waals surface area contributed by atoms with Crippen LogP contribution in [0.3, 0.4) is 0 Å². The molecule has 9 nitrogen and oxygen atoms in total. The topological polar surface area (TPSA) is 120 Å². The molecule has 2 aromatic carbocycles. The number of nitrogens with zero attached hydrogens (tertiary/aromatic N) is 2. The number of carbonyl (C=O) groups excluding carboxylic acids is 2. The van der Waals surface area contributed by atoms with E-state index in [-0.39, 0.29) is 30.2 Å². The molecule has 0 aliphatic carbocycles. The maximum absolute atomic E-state index is 14.0. The Kier molecular flexibility index (Phi) is 8.81. The highest BCUT2D eigenvalue weighted by Crippen LogP contribution is 2.61. The van der Waals surface area contributed by atoms with Crippen molar-refractivity contribution in [3.05, 3.63) is 95.9 Å². The van der Waals surface area contributed by atoms with Gasteiger partial charge >= 0.3 is 7.60 Å². The van der Waals surface area contributed by atoms with Gasteiger partial charge in [0.25, 0.3) is 11.8 Å². The van der Waals surface area contributed by atoms with Crippen molar-refractivity contribution in [2.75, 3.05) is 18.5 Å². The first kappa shape index (κ1) is 25.0. The summed E-state index contributed by atoms with van der Waals surface area (Å²) in [5, 5.41) is 5.08. The molecule has 34 heavy (non-hydrogen) atoms. The zero-order valence-electron chi connectivity index (χ0n) is 18.8. The molecule has 0 saturated carbocycles. The third-order valence-electron chi connectivity index (χ3n) is 4.45. The van der Waals surface area contributed by atoms with Gasteiger partial charge in [-0.05, 0) is 37.6 Å². The van der Waals surface area contributed by atoms with Gasteiger partial charge < -0.3 is 14.4 Å². The Bertz CT molecular complexity index is 1180. The van der Waals surface area contributed by atoms with Crippen molar-refractivity contribution in [2.45, 2.75) is 13.8 Å². The first-order chi connectivity index (χ1) is 16.5.